The van der Waals surface area contributed by atoms with Crippen LogP contribution < -0.4 is 0 Å². The number of rotatable bonds is 3. The number of hydrogen-bond acceptors (Lipinski definition) is 3. The van der Waals surface area contributed by atoms with Gasteiger partial charge in [0.1, 0.15) is 0 Å². The molecule has 0 aliphatic rings. The van der Waals surface area contributed by atoms with Crippen molar-refractivity contribution in [2.75, 3.05) is 0 Å². The van der Waals surface area contributed by atoms with Crippen molar-refractivity contribution in [1.29, 1.82) is 0 Å². The van der Waals surface area contributed by atoms with Crippen molar-refractivity contribution in [3.8, 4) is 0 Å². The van der Waals surface area contributed by atoms with E-state index < -0.39 is 0 Å². The molecule has 1 aromatic carbocycles. The summed E-state index contributed by atoms with van der Waals surface area (Å²) in [7, 11) is 0. The Morgan fingerprint density at radius 2 is 2.00 bits per heavy atom. The predicted octanol–water partition coefficient (Wildman–Crippen LogP) is 1.23. The van der Waals surface area contributed by atoms with E-state index in [0.717, 1.165) is 16.4 Å². The summed E-state index contributed by atoms with van der Waals surface area (Å²) in [5, 5.41) is 1.11. The Kier molecular flexibility index (Phi) is 2.88. The summed E-state index contributed by atoms with van der Waals surface area (Å²) in [6.45, 7) is 0. The summed E-state index contributed by atoms with van der Waals surface area (Å²) in [6.07, 6.45) is 5.21. The van der Waals surface area contributed by atoms with Gasteiger partial charge in [0, 0.05) is 0 Å². The molecule has 2 heterocycles. The first-order valence-electron chi connectivity index (χ1n) is 5.34. The van der Waals surface area contributed by atoms with Crippen molar-refractivity contribution in [2.24, 2.45) is 0 Å². The second-order valence-corrected chi connectivity index (χ2v) is 6.08. The molecule has 0 aliphatic heterocycles. The molecule has 3 aromatic rings. The van der Waals surface area contributed by atoms with E-state index in [9.17, 15) is 0 Å². The summed E-state index contributed by atoms with van der Waals surface area (Å²) in [6, 6.07) is 10.5. The third-order valence-corrected chi connectivity index (χ3v) is 5.10. The van der Waals surface area contributed by atoms with Crippen LogP contribution in [0.1, 0.15) is 5.56 Å². The normalized spacial score (nSPS) is 11.5. The minimum absolute atomic E-state index is 0.294. The van der Waals surface area contributed by atoms with Crippen LogP contribution in [0.2, 0.25) is 0 Å². The molecule has 0 aliphatic carbocycles. The molecule has 0 amide bonds. The zero-order valence-electron chi connectivity index (χ0n) is 9.11. The fourth-order valence-electron chi connectivity index (χ4n) is 1.66. The number of benzene rings is 1. The summed E-state index contributed by atoms with van der Waals surface area (Å²) in [4.78, 5) is 12.5. The molecule has 0 fully saturated rings. The van der Waals surface area contributed by atoms with Crippen LogP contribution in [0, 0.1) is 0 Å². The van der Waals surface area contributed by atoms with Gasteiger partial charge in [0.25, 0.3) is 0 Å². The monoisotopic (exact) mass is 286 g/mol. The van der Waals surface area contributed by atoms with Crippen LogP contribution in [-0.4, -0.2) is 34.4 Å². The van der Waals surface area contributed by atoms with Gasteiger partial charge in [0.05, 0.1) is 0 Å². The molecule has 0 radical (unpaired) electrons. The molecule has 0 spiro atoms. The van der Waals surface area contributed by atoms with Crippen molar-refractivity contribution in [1.82, 2.24) is 18.4 Å². The van der Waals surface area contributed by atoms with Gasteiger partial charge in [-0.3, -0.25) is 0 Å². The van der Waals surface area contributed by atoms with Crippen LogP contribution in [0.4, 0.5) is 0 Å². The van der Waals surface area contributed by atoms with E-state index in [2.05, 4.69) is 42.7 Å². The Balaban J connectivity index is 1.82. The van der Waals surface area contributed by atoms with Crippen molar-refractivity contribution >= 4 is 27.1 Å². The van der Waals surface area contributed by atoms with Gasteiger partial charge >= 0.3 is 106 Å². The summed E-state index contributed by atoms with van der Waals surface area (Å²) >= 11 is -0.294. The Bertz CT molecular complexity index is 620. The van der Waals surface area contributed by atoms with Crippen molar-refractivity contribution in [3.63, 3.8) is 0 Å². The molecule has 0 saturated heterocycles. The third-order valence-electron chi connectivity index (χ3n) is 2.51. The molecule has 5 heteroatoms. The van der Waals surface area contributed by atoms with Gasteiger partial charge in [0.15, 0.2) is 0 Å². The average molecular weight is 286 g/mol. The van der Waals surface area contributed by atoms with Crippen LogP contribution in [-0.2, 0) is 5.21 Å². The van der Waals surface area contributed by atoms with E-state index >= 15 is 0 Å². The topological polar surface area (TPSA) is 43.6 Å². The van der Waals surface area contributed by atoms with Crippen molar-refractivity contribution in [3.05, 3.63) is 54.7 Å². The quantitative estimate of drug-likeness (QED) is 0.680. The first-order chi connectivity index (χ1) is 8.43. The van der Waals surface area contributed by atoms with E-state index in [4.69, 9.17) is 0 Å². The molecule has 84 valence electrons. The number of nitrogens with zero attached hydrogens (tertiary/aromatic N) is 4. The molecule has 4 nitrogen and oxygen atoms in total. The second-order valence-electron chi connectivity index (χ2n) is 3.67. The van der Waals surface area contributed by atoms with E-state index in [1.54, 1.807) is 12.5 Å². The maximum atomic E-state index is 4.30. The van der Waals surface area contributed by atoms with E-state index in [-0.39, 0.29) is 16.0 Å². The SMILES string of the molecule is c1ccc(C[AsH]n2cnc3cncnc32)cc1. The van der Waals surface area contributed by atoms with Gasteiger partial charge in [-0.2, -0.15) is 0 Å². The minimum atomic E-state index is -0.294. The van der Waals surface area contributed by atoms with Gasteiger partial charge in [0.2, 0.25) is 0 Å². The zero-order valence-corrected chi connectivity index (χ0v) is 11.2. The Morgan fingerprint density at radius 3 is 2.88 bits per heavy atom. The molecule has 1 atom stereocenters. The Morgan fingerprint density at radius 1 is 1.12 bits per heavy atom. The molecule has 0 bridgehead atoms. The number of imidazole rings is 1. The fourth-order valence-corrected chi connectivity index (χ4v) is 3.86. The van der Waals surface area contributed by atoms with Crippen molar-refractivity contribution in [2.45, 2.75) is 5.21 Å². The predicted molar refractivity (Wildman–Crippen MR) is 68.0 cm³/mol. The molecule has 3 rings (SSSR count). The van der Waals surface area contributed by atoms with Crippen LogP contribution in [0.3, 0.4) is 0 Å². The average Bonchev–Trinajstić information content (AvgIpc) is 2.81. The second kappa shape index (κ2) is 4.68. The molecule has 0 N–H and O–H groups in total. The Hall–Kier alpha value is -1.67. The van der Waals surface area contributed by atoms with Crippen LogP contribution in [0.15, 0.2) is 49.2 Å². The Labute approximate surface area is 106 Å². The molecule has 2 aromatic heterocycles. The van der Waals surface area contributed by atoms with Gasteiger partial charge in [-0.15, -0.1) is 0 Å². The first kappa shape index (κ1) is 10.5. The summed E-state index contributed by atoms with van der Waals surface area (Å²) in [5.41, 5.74) is 3.21. The summed E-state index contributed by atoms with van der Waals surface area (Å²) < 4.78 is 2.18. The van der Waals surface area contributed by atoms with Gasteiger partial charge in [-0.25, -0.2) is 0 Å². The standard InChI is InChI=1S/C12H11AsN4/c1-2-4-10(5-3-1)6-13-17-9-16-11-7-14-8-15-12(11)17/h1-5,7-9,13H,6H2. The molecule has 1 unspecified atom stereocenters. The van der Waals surface area contributed by atoms with E-state index in [1.165, 1.54) is 5.56 Å². The van der Waals surface area contributed by atoms with Gasteiger partial charge in [-0.05, 0) is 0 Å². The van der Waals surface area contributed by atoms with Crippen molar-refractivity contribution < 1.29 is 0 Å². The number of hydrogen-bond donors (Lipinski definition) is 0. The number of aromatic nitrogens is 4. The zero-order chi connectivity index (χ0) is 11.5. The van der Waals surface area contributed by atoms with Gasteiger partial charge < -0.3 is 0 Å². The molecular formula is C12H11AsN4. The van der Waals surface area contributed by atoms with Gasteiger partial charge in [-0.1, -0.05) is 0 Å². The van der Waals surface area contributed by atoms with E-state index in [1.807, 2.05) is 12.4 Å². The van der Waals surface area contributed by atoms with E-state index in [0.29, 0.717) is 0 Å². The van der Waals surface area contributed by atoms with Crippen LogP contribution in [0.25, 0.3) is 11.2 Å². The fraction of sp³-hybridized carbons (Fsp3) is 0.0833. The third kappa shape index (κ3) is 2.22. The molecule has 0 saturated carbocycles. The van der Waals surface area contributed by atoms with Crippen LogP contribution >= 0.6 is 0 Å². The number of fused-ring (bicyclic) bond motifs is 1. The summed E-state index contributed by atoms with van der Waals surface area (Å²) in [5.74, 6) is 0. The maximum absolute atomic E-state index is 4.30. The first-order valence-corrected chi connectivity index (χ1v) is 7.76. The van der Waals surface area contributed by atoms with Crippen LogP contribution in [0.5, 0.6) is 0 Å². The molecular weight excluding hydrogens is 275 g/mol. The molecule has 17 heavy (non-hydrogen) atoms.